The summed E-state index contributed by atoms with van der Waals surface area (Å²) in [6.07, 6.45) is 0.586. The van der Waals surface area contributed by atoms with Crippen molar-refractivity contribution < 1.29 is 14.3 Å². The predicted octanol–water partition coefficient (Wildman–Crippen LogP) is 1.62. The van der Waals surface area contributed by atoms with Crippen LogP contribution in [-0.2, 0) is 9.53 Å². The number of ether oxygens (including phenoxy) is 1. The van der Waals surface area contributed by atoms with Gasteiger partial charge >= 0.3 is 5.97 Å². The van der Waals surface area contributed by atoms with E-state index in [1.54, 1.807) is 36.5 Å². The van der Waals surface area contributed by atoms with Crippen LogP contribution in [0.25, 0.3) is 5.78 Å². The van der Waals surface area contributed by atoms with E-state index in [1.165, 1.54) is 11.4 Å². The van der Waals surface area contributed by atoms with Crippen molar-refractivity contribution in [1.82, 2.24) is 19.6 Å². The Morgan fingerprint density at radius 2 is 1.96 bits per heavy atom. The van der Waals surface area contributed by atoms with E-state index in [0.717, 1.165) is 5.69 Å². The minimum absolute atomic E-state index is 0.142. The highest BCUT2D eigenvalue weighted by molar-refractivity contribution is 5.96. The molecular formula is C16H15N5O3. The largest absolute Gasteiger partial charge is 0.447 e. The summed E-state index contributed by atoms with van der Waals surface area (Å²) < 4.78 is 6.56. The number of nitrogens with zero attached hydrogens (tertiary/aromatic N) is 4. The number of nitrogens with one attached hydrogen (secondary N) is 1. The van der Waals surface area contributed by atoms with Gasteiger partial charge in [0.2, 0.25) is 0 Å². The molecule has 1 atom stereocenters. The Kier molecular flexibility index (Phi) is 4.19. The highest BCUT2D eigenvalue weighted by atomic mass is 16.5. The van der Waals surface area contributed by atoms with Crippen molar-refractivity contribution in [2.24, 2.45) is 0 Å². The van der Waals surface area contributed by atoms with Crippen LogP contribution in [0.15, 0.2) is 42.6 Å². The summed E-state index contributed by atoms with van der Waals surface area (Å²) in [6, 6.07) is 10.6. The Hall–Kier alpha value is -3.29. The first kappa shape index (κ1) is 15.6. The minimum atomic E-state index is -0.988. The molecule has 2 aromatic heterocycles. The van der Waals surface area contributed by atoms with Crippen LogP contribution in [-0.4, -0.2) is 37.6 Å². The molecule has 1 aromatic carbocycles. The minimum Gasteiger partial charge on any atom is -0.447 e. The maximum Gasteiger partial charge on any atom is 0.379 e. The van der Waals surface area contributed by atoms with Gasteiger partial charge in [-0.1, -0.05) is 18.2 Å². The Bertz CT molecular complexity index is 891. The van der Waals surface area contributed by atoms with Gasteiger partial charge < -0.3 is 10.1 Å². The Balaban J connectivity index is 1.68. The van der Waals surface area contributed by atoms with Crippen molar-refractivity contribution in [3.63, 3.8) is 0 Å². The number of benzene rings is 1. The summed E-state index contributed by atoms with van der Waals surface area (Å²) in [5.74, 6) is -1.07. The standard InChI is InChI=1S/C16H15N5O3/c1-10-8-9-17-16-19-13(20-21(10)16)15(23)24-11(2)14(22)18-12-6-4-3-5-7-12/h3-9,11H,1-2H3,(H,18,22)/t11-/m1/s1. The first-order valence-corrected chi connectivity index (χ1v) is 7.30. The van der Waals surface area contributed by atoms with Crippen molar-refractivity contribution in [2.75, 3.05) is 5.32 Å². The number of rotatable bonds is 4. The van der Waals surface area contributed by atoms with Gasteiger partial charge in [-0.25, -0.2) is 14.3 Å². The number of carbonyl (C=O) groups excluding carboxylic acids is 2. The third-order valence-corrected chi connectivity index (χ3v) is 3.31. The number of para-hydroxylation sites is 1. The lowest BCUT2D eigenvalue weighted by Crippen LogP contribution is -2.30. The SMILES string of the molecule is Cc1ccnc2nc(C(=O)O[C@H](C)C(=O)Nc3ccccc3)nn12. The average molecular weight is 325 g/mol. The van der Waals surface area contributed by atoms with Crippen molar-refractivity contribution in [1.29, 1.82) is 0 Å². The molecule has 0 aliphatic carbocycles. The van der Waals surface area contributed by atoms with Crippen LogP contribution in [0.3, 0.4) is 0 Å². The number of carbonyl (C=O) groups is 2. The van der Waals surface area contributed by atoms with E-state index in [2.05, 4.69) is 20.4 Å². The molecule has 0 aliphatic rings. The van der Waals surface area contributed by atoms with Crippen LogP contribution >= 0.6 is 0 Å². The summed E-state index contributed by atoms with van der Waals surface area (Å²) in [7, 11) is 0. The second-order valence-corrected chi connectivity index (χ2v) is 5.14. The monoisotopic (exact) mass is 325 g/mol. The number of anilines is 1. The van der Waals surface area contributed by atoms with Crippen LogP contribution in [0.4, 0.5) is 5.69 Å². The summed E-state index contributed by atoms with van der Waals surface area (Å²) in [5.41, 5.74) is 1.40. The molecule has 0 saturated heterocycles. The van der Waals surface area contributed by atoms with E-state index in [-0.39, 0.29) is 5.82 Å². The van der Waals surface area contributed by atoms with Gasteiger partial charge in [-0.05, 0) is 32.0 Å². The first-order valence-electron chi connectivity index (χ1n) is 7.30. The molecule has 2 heterocycles. The molecule has 0 unspecified atom stereocenters. The molecule has 0 fully saturated rings. The van der Waals surface area contributed by atoms with Gasteiger partial charge in [-0.3, -0.25) is 4.79 Å². The van der Waals surface area contributed by atoms with Crippen LogP contribution < -0.4 is 5.32 Å². The van der Waals surface area contributed by atoms with Crippen molar-refractivity contribution in [3.05, 3.63) is 54.1 Å². The third kappa shape index (κ3) is 3.22. The van der Waals surface area contributed by atoms with Gasteiger partial charge in [-0.15, -0.1) is 5.10 Å². The predicted molar refractivity (Wildman–Crippen MR) is 85.5 cm³/mol. The molecule has 0 saturated carbocycles. The summed E-state index contributed by atoms with van der Waals surface area (Å²) >= 11 is 0. The van der Waals surface area contributed by atoms with E-state index in [4.69, 9.17) is 4.74 Å². The number of esters is 1. The molecule has 8 heteroatoms. The molecule has 24 heavy (non-hydrogen) atoms. The van der Waals surface area contributed by atoms with Gasteiger partial charge in [0.25, 0.3) is 17.5 Å². The van der Waals surface area contributed by atoms with Gasteiger partial charge in [0.05, 0.1) is 0 Å². The second kappa shape index (κ2) is 6.45. The zero-order valence-corrected chi connectivity index (χ0v) is 13.1. The average Bonchev–Trinajstić information content (AvgIpc) is 3.01. The van der Waals surface area contributed by atoms with E-state index >= 15 is 0 Å². The molecule has 3 aromatic rings. The number of aromatic nitrogens is 4. The molecule has 122 valence electrons. The molecule has 1 amide bonds. The molecule has 0 spiro atoms. The lowest BCUT2D eigenvalue weighted by molar-refractivity contribution is -0.123. The highest BCUT2D eigenvalue weighted by Gasteiger charge is 2.22. The lowest BCUT2D eigenvalue weighted by Gasteiger charge is -2.12. The van der Waals surface area contributed by atoms with Gasteiger partial charge in [0, 0.05) is 17.6 Å². The van der Waals surface area contributed by atoms with E-state index in [9.17, 15) is 9.59 Å². The Labute approximate surface area is 137 Å². The van der Waals surface area contributed by atoms with Crippen LogP contribution in [0, 0.1) is 6.92 Å². The highest BCUT2D eigenvalue weighted by Crippen LogP contribution is 2.08. The molecular weight excluding hydrogens is 310 g/mol. The van der Waals surface area contributed by atoms with Crippen molar-refractivity contribution >= 4 is 23.3 Å². The van der Waals surface area contributed by atoms with Crippen molar-refractivity contribution in [3.8, 4) is 0 Å². The van der Waals surface area contributed by atoms with Crippen LogP contribution in [0.2, 0.25) is 0 Å². The summed E-state index contributed by atoms with van der Waals surface area (Å²) in [6.45, 7) is 3.30. The second-order valence-electron chi connectivity index (χ2n) is 5.14. The molecule has 8 nitrogen and oxygen atoms in total. The number of fused-ring (bicyclic) bond motifs is 1. The fraction of sp³-hybridized carbons (Fsp3) is 0.188. The maximum atomic E-state index is 12.1. The zero-order valence-electron chi connectivity index (χ0n) is 13.1. The molecule has 0 aliphatic heterocycles. The Morgan fingerprint density at radius 3 is 2.67 bits per heavy atom. The number of hydrogen-bond acceptors (Lipinski definition) is 6. The maximum absolute atomic E-state index is 12.1. The number of amides is 1. The quantitative estimate of drug-likeness (QED) is 0.732. The third-order valence-electron chi connectivity index (χ3n) is 3.31. The summed E-state index contributed by atoms with van der Waals surface area (Å²) in [5, 5.41) is 6.71. The number of aryl methyl sites for hydroxylation is 1. The normalized spacial score (nSPS) is 11.9. The molecule has 0 radical (unpaired) electrons. The van der Waals surface area contributed by atoms with Crippen LogP contribution in [0.5, 0.6) is 0 Å². The Morgan fingerprint density at radius 1 is 1.21 bits per heavy atom. The topological polar surface area (TPSA) is 98.5 Å². The molecule has 1 N–H and O–H groups in total. The van der Waals surface area contributed by atoms with Gasteiger partial charge in [0.15, 0.2) is 6.10 Å². The van der Waals surface area contributed by atoms with Gasteiger partial charge in [0.1, 0.15) is 0 Å². The molecule has 3 rings (SSSR count). The first-order chi connectivity index (χ1) is 11.5. The lowest BCUT2D eigenvalue weighted by atomic mass is 10.3. The van der Waals surface area contributed by atoms with Crippen LogP contribution in [0.1, 0.15) is 23.2 Å². The van der Waals surface area contributed by atoms with E-state index in [1.807, 2.05) is 13.0 Å². The smallest absolute Gasteiger partial charge is 0.379 e. The van der Waals surface area contributed by atoms with Crippen molar-refractivity contribution in [2.45, 2.75) is 20.0 Å². The summed E-state index contributed by atoms with van der Waals surface area (Å²) in [4.78, 5) is 32.2. The fourth-order valence-corrected chi connectivity index (χ4v) is 2.03. The number of hydrogen-bond donors (Lipinski definition) is 1. The zero-order chi connectivity index (χ0) is 17.1. The van der Waals surface area contributed by atoms with E-state index < -0.39 is 18.0 Å². The van der Waals surface area contributed by atoms with E-state index in [0.29, 0.717) is 11.5 Å². The fourth-order valence-electron chi connectivity index (χ4n) is 2.03. The van der Waals surface area contributed by atoms with Gasteiger partial charge in [-0.2, -0.15) is 4.98 Å². The molecule has 0 bridgehead atoms.